The number of ether oxygens (including phenoxy) is 8. The third-order valence-electron chi connectivity index (χ3n) is 9.73. The zero-order chi connectivity index (χ0) is 50.8. The molecule has 19 nitrogen and oxygen atoms in total. The number of esters is 7. The predicted octanol–water partition coefficient (Wildman–Crippen LogP) is 4.11. The van der Waals surface area contributed by atoms with Crippen LogP contribution in [0.5, 0.6) is 0 Å². The summed E-state index contributed by atoms with van der Waals surface area (Å²) in [7, 11) is 2.05. The Morgan fingerprint density at radius 2 is 0.910 bits per heavy atom. The van der Waals surface area contributed by atoms with E-state index < -0.39 is 11.9 Å². The molecule has 0 fully saturated rings. The van der Waals surface area contributed by atoms with Gasteiger partial charge in [0.1, 0.15) is 52.9 Å². The summed E-state index contributed by atoms with van der Waals surface area (Å²) in [6, 6.07) is 0. The molecule has 0 aromatic rings. The average Bonchev–Trinajstić information content (AvgIpc) is 3.31. The Labute approximate surface area is 409 Å². The van der Waals surface area contributed by atoms with Crippen LogP contribution in [-0.4, -0.2) is 193 Å². The summed E-state index contributed by atoms with van der Waals surface area (Å²) in [5.74, 6) is -2.28. The van der Waals surface area contributed by atoms with Crippen molar-refractivity contribution in [1.82, 2.24) is 14.7 Å². The summed E-state index contributed by atoms with van der Waals surface area (Å²) in [4.78, 5) is 99.6. The SMILES string of the molecule is CC(C)C(=O)OCCOC=O.CCCN(CCCN(C)CCCN(CCC(=O)OCCOC(=O)C(C)CC)CCC(=O)OCCOC(=O)C(C)CSC)CCC(=O)OCCOC(=O)C(C)CS. The number of hydrogen-bond acceptors (Lipinski definition) is 21. The third-order valence-corrected chi connectivity index (χ3v) is 11.1. The molecule has 0 saturated heterocycles. The highest BCUT2D eigenvalue weighted by Crippen LogP contribution is 2.08. The lowest BCUT2D eigenvalue weighted by Gasteiger charge is -2.25. The van der Waals surface area contributed by atoms with Crippen LogP contribution in [0.4, 0.5) is 0 Å². The molecular weight excluding hydrogens is 915 g/mol. The number of carbonyl (C=O) groups is 8. The second-order valence-corrected chi connectivity index (χ2v) is 17.4. The normalized spacial score (nSPS) is 12.3. The minimum absolute atomic E-state index is 0.00213. The Hall–Kier alpha value is -3.66. The molecule has 3 atom stereocenters. The Morgan fingerprint density at radius 1 is 0.522 bits per heavy atom. The van der Waals surface area contributed by atoms with Gasteiger partial charge in [-0.25, -0.2) is 0 Å². The Kier molecular flexibility index (Phi) is 42.6. The quantitative estimate of drug-likeness (QED) is 0.0300. The minimum atomic E-state index is -0.420. The van der Waals surface area contributed by atoms with Gasteiger partial charge in [-0.15, -0.1) is 0 Å². The van der Waals surface area contributed by atoms with Crippen LogP contribution < -0.4 is 0 Å². The number of thioether (sulfide) groups is 1. The van der Waals surface area contributed by atoms with E-state index in [1.54, 1.807) is 46.4 Å². The molecule has 0 aliphatic heterocycles. The Bertz CT molecular complexity index is 1380. The summed E-state index contributed by atoms with van der Waals surface area (Å²) >= 11 is 5.64. The van der Waals surface area contributed by atoms with Gasteiger partial charge in [0.05, 0.1) is 42.9 Å². The van der Waals surface area contributed by atoms with Crippen LogP contribution in [0.25, 0.3) is 0 Å². The molecule has 0 saturated carbocycles. The van der Waals surface area contributed by atoms with Crippen LogP contribution in [0.1, 0.15) is 93.4 Å². The average molecular weight is 998 g/mol. The molecule has 0 rings (SSSR count). The summed E-state index contributed by atoms with van der Waals surface area (Å²) in [5, 5.41) is 0. The fourth-order valence-electron chi connectivity index (χ4n) is 5.48. The lowest BCUT2D eigenvalue weighted by molar-refractivity contribution is -0.155. The molecule has 390 valence electrons. The first-order valence-electron chi connectivity index (χ1n) is 23.4. The largest absolute Gasteiger partial charge is 0.464 e. The van der Waals surface area contributed by atoms with Gasteiger partial charge in [-0.1, -0.05) is 48.5 Å². The molecule has 0 N–H and O–H groups in total. The minimum Gasteiger partial charge on any atom is -0.464 e. The fraction of sp³-hybridized carbons (Fsp3) is 0.826. The van der Waals surface area contributed by atoms with E-state index in [0.717, 1.165) is 45.4 Å². The van der Waals surface area contributed by atoms with Gasteiger partial charge in [-0.05, 0) is 71.7 Å². The molecular formula is C46H83N3O16S2. The van der Waals surface area contributed by atoms with E-state index in [1.165, 1.54) is 0 Å². The first-order valence-corrected chi connectivity index (χ1v) is 25.4. The van der Waals surface area contributed by atoms with Crippen LogP contribution >= 0.6 is 24.4 Å². The van der Waals surface area contributed by atoms with Gasteiger partial charge in [-0.3, -0.25) is 38.4 Å². The van der Waals surface area contributed by atoms with Crippen molar-refractivity contribution in [2.45, 2.75) is 93.4 Å². The molecule has 0 aromatic heterocycles. The Balaban J connectivity index is 0. The number of nitrogens with zero attached hydrogens (tertiary/aromatic N) is 3. The lowest BCUT2D eigenvalue weighted by Crippen LogP contribution is -2.34. The highest BCUT2D eigenvalue weighted by Gasteiger charge is 2.17. The van der Waals surface area contributed by atoms with Crippen LogP contribution in [0, 0.1) is 23.7 Å². The van der Waals surface area contributed by atoms with Gasteiger partial charge < -0.3 is 52.6 Å². The van der Waals surface area contributed by atoms with E-state index in [1.807, 2.05) is 25.1 Å². The van der Waals surface area contributed by atoms with Gasteiger partial charge >= 0.3 is 41.8 Å². The molecule has 0 spiro atoms. The smallest absolute Gasteiger partial charge is 0.309 e. The summed E-state index contributed by atoms with van der Waals surface area (Å²) in [6.45, 7) is 18.7. The van der Waals surface area contributed by atoms with Crippen LogP contribution in [-0.2, 0) is 76.3 Å². The van der Waals surface area contributed by atoms with E-state index in [0.29, 0.717) is 50.6 Å². The van der Waals surface area contributed by atoms with Crippen molar-refractivity contribution in [2.24, 2.45) is 23.7 Å². The van der Waals surface area contributed by atoms with Crippen molar-refractivity contribution < 1.29 is 76.3 Å². The topological polar surface area (TPSA) is 220 Å². The summed E-state index contributed by atoms with van der Waals surface area (Å²) in [5.41, 5.74) is 0. The number of thiol groups is 1. The number of hydrogen-bond donors (Lipinski definition) is 1. The van der Waals surface area contributed by atoms with Crippen LogP contribution in [0.2, 0.25) is 0 Å². The van der Waals surface area contributed by atoms with Crippen molar-refractivity contribution in [1.29, 1.82) is 0 Å². The summed E-state index contributed by atoms with van der Waals surface area (Å²) in [6.07, 6.45) is 5.71. The van der Waals surface area contributed by atoms with Crippen molar-refractivity contribution in [2.75, 3.05) is 130 Å². The van der Waals surface area contributed by atoms with Crippen LogP contribution in [0.3, 0.4) is 0 Å². The van der Waals surface area contributed by atoms with Crippen molar-refractivity contribution in [3.05, 3.63) is 0 Å². The van der Waals surface area contributed by atoms with E-state index in [-0.39, 0.29) is 126 Å². The zero-order valence-corrected chi connectivity index (χ0v) is 43.5. The monoisotopic (exact) mass is 998 g/mol. The van der Waals surface area contributed by atoms with Crippen molar-refractivity contribution >= 4 is 72.6 Å². The first-order chi connectivity index (χ1) is 31.9. The molecule has 0 radical (unpaired) electrons. The zero-order valence-electron chi connectivity index (χ0n) is 41.8. The highest BCUT2D eigenvalue weighted by atomic mass is 32.2. The molecule has 0 amide bonds. The van der Waals surface area contributed by atoms with Gasteiger partial charge in [0.2, 0.25) is 0 Å². The molecule has 21 heteroatoms. The van der Waals surface area contributed by atoms with Gasteiger partial charge in [-0.2, -0.15) is 24.4 Å². The molecule has 0 aliphatic rings. The van der Waals surface area contributed by atoms with E-state index in [2.05, 4.69) is 38.8 Å². The molecule has 0 heterocycles. The van der Waals surface area contributed by atoms with E-state index >= 15 is 0 Å². The first kappa shape index (κ1) is 65.4. The number of carbonyl (C=O) groups excluding carboxylic acids is 8. The van der Waals surface area contributed by atoms with E-state index in [9.17, 15) is 38.4 Å². The standard InChI is InChI=1S/C39H71N3O12S2.C7H12O4/c1-8-15-41(20-12-34(43)50-24-27-53-38(47)32(4)29-55)18-10-16-40(6)17-11-19-42(21-13-35(44)49-23-26-52-37(46)31(3)9-2)22-14-36(45)51-25-28-54-39(48)33(5)30-56-7;1-6(2)7(9)11-4-3-10-5-8/h31-33,55H,8-30H2,1-7H3;5-6H,3-4H2,1-2H3. The molecule has 3 unspecified atom stereocenters. The predicted molar refractivity (Wildman–Crippen MR) is 257 cm³/mol. The number of rotatable bonds is 40. The molecule has 0 aliphatic carbocycles. The summed E-state index contributed by atoms with van der Waals surface area (Å²) < 4.78 is 40.2. The third kappa shape index (κ3) is 38.9. The maximum absolute atomic E-state index is 12.5. The van der Waals surface area contributed by atoms with Gasteiger partial charge in [0.15, 0.2) is 0 Å². The lowest BCUT2D eigenvalue weighted by atomic mass is 10.1. The Morgan fingerprint density at radius 3 is 1.30 bits per heavy atom. The van der Waals surface area contributed by atoms with Gasteiger partial charge in [0, 0.05) is 31.1 Å². The molecule has 67 heavy (non-hydrogen) atoms. The van der Waals surface area contributed by atoms with Crippen LogP contribution in [0.15, 0.2) is 0 Å². The van der Waals surface area contributed by atoms with Gasteiger partial charge in [0.25, 0.3) is 6.47 Å². The fourth-order valence-corrected chi connectivity index (χ4v) is 6.26. The molecule has 0 bridgehead atoms. The second-order valence-electron chi connectivity index (χ2n) is 16.1. The second kappa shape index (κ2) is 43.6. The maximum atomic E-state index is 12.5. The van der Waals surface area contributed by atoms with E-state index in [4.69, 9.17) is 28.4 Å². The molecule has 0 aromatic carbocycles. The van der Waals surface area contributed by atoms with Crippen molar-refractivity contribution in [3.63, 3.8) is 0 Å². The highest BCUT2D eigenvalue weighted by molar-refractivity contribution is 7.98. The maximum Gasteiger partial charge on any atom is 0.309 e. The van der Waals surface area contributed by atoms with Crippen molar-refractivity contribution in [3.8, 4) is 0 Å².